The van der Waals surface area contributed by atoms with E-state index < -0.39 is 11.6 Å². The van der Waals surface area contributed by atoms with Gasteiger partial charge in [0.25, 0.3) is 0 Å². The standard InChI is InChI=1S/C18H22O4/c1-19-17(20-2)12-13-18(21-3,22-4)16(14-17)11-10-15-8-6-5-7-9-15/h5-14H,1-4H3/b11-10+. The molecule has 0 atom stereocenters. The van der Waals surface area contributed by atoms with Crippen molar-refractivity contribution in [1.82, 2.24) is 0 Å². The smallest absolute Gasteiger partial charge is 0.214 e. The molecule has 0 spiro atoms. The molecule has 4 heteroatoms. The third-order valence-electron chi connectivity index (χ3n) is 3.79. The second-order valence-electron chi connectivity index (χ2n) is 4.88. The fraction of sp³-hybridized carbons (Fsp3) is 0.333. The van der Waals surface area contributed by atoms with Crippen LogP contribution in [0.3, 0.4) is 0 Å². The molecule has 22 heavy (non-hydrogen) atoms. The van der Waals surface area contributed by atoms with Crippen LogP contribution < -0.4 is 0 Å². The van der Waals surface area contributed by atoms with Crippen molar-refractivity contribution >= 4 is 6.08 Å². The Morgan fingerprint density at radius 3 is 1.95 bits per heavy atom. The van der Waals surface area contributed by atoms with E-state index in [4.69, 9.17) is 18.9 Å². The van der Waals surface area contributed by atoms with E-state index in [0.29, 0.717) is 0 Å². The van der Waals surface area contributed by atoms with Gasteiger partial charge in [0.05, 0.1) is 0 Å². The van der Waals surface area contributed by atoms with Gasteiger partial charge in [-0.25, -0.2) is 0 Å². The SMILES string of the molecule is COC1(OC)C=CC(OC)(OC)C(/C=C/c2ccccc2)=C1. The summed E-state index contributed by atoms with van der Waals surface area (Å²) in [5.41, 5.74) is 1.88. The zero-order valence-electron chi connectivity index (χ0n) is 13.4. The Labute approximate surface area is 131 Å². The summed E-state index contributed by atoms with van der Waals surface area (Å²) in [6.45, 7) is 0. The molecule has 0 bridgehead atoms. The normalized spacial score (nSPS) is 19.4. The van der Waals surface area contributed by atoms with Gasteiger partial charge < -0.3 is 18.9 Å². The van der Waals surface area contributed by atoms with Crippen molar-refractivity contribution in [1.29, 1.82) is 0 Å². The van der Waals surface area contributed by atoms with Gasteiger partial charge in [0.15, 0.2) is 0 Å². The summed E-state index contributed by atoms with van der Waals surface area (Å²) in [5, 5.41) is 0. The van der Waals surface area contributed by atoms with Crippen LogP contribution in [0, 0.1) is 0 Å². The average molecular weight is 302 g/mol. The van der Waals surface area contributed by atoms with E-state index in [2.05, 4.69) is 0 Å². The van der Waals surface area contributed by atoms with Crippen LogP contribution in [0.15, 0.2) is 60.2 Å². The van der Waals surface area contributed by atoms with Crippen LogP contribution in [0.2, 0.25) is 0 Å². The van der Waals surface area contributed by atoms with Crippen molar-refractivity contribution in [2.45, 2.75) is 11.6 Å². The van der Waals surface area contributed by atoms with Crippen molar-refractivity contribution in [3.8, 4) is 0 Å². The lowest BCUT2D eigenvalue weighted by Gasteiger charge is -2.37. The first-order chi connectivity index (χ1) is 10.6. The molecule has 1 aromatic carbocycles. The van der Waals surface area contributed by atoms with Gasteiger partial charge in [-0.3, -0.25) is 0 Å². The monoisotopic (exact) mass is 302 g/mol. The molecule has 0 unspecified atom stereocenters. The van der Waals surface area contributed by atoms with Crippen LogP contribution in [0.4, 0.5) is 0 Å². The first-order valence-corrected chi connectivity index (χ1v) is 7.01. The highest BCUT2D eigenvalue weighted by molar-refractivity contribution is 5.55. The van der Waals surface area contributed by atoms with Crippen LogP contribution in [-0.2, 0) is 18.9 Å². The summed E-state index contributed by atoms with van der Waals surface area (Å²) in [4.78, 5) is 0. The van der Waals surface area contributed by atoms with E-state index in [0.717, 1.165) is 11.1 Å². The Kier molecular flexibility index (Phi) is 5.32. The van der Waals surface area contributed by atoms with Gasteiger partial charge in [0.1, 0.15) is 0 Å². The Balaban J connectivity index is 2.41. The molecule has 0 aliphatic heterocycles. The van der Waals surface area contributed by atoms with E-state index in [-0.39, 0.29) is 0 Å². The van der Waals surface area contributed by atoms with Gasteiger partial charge in [-0.15, -0.1) is 0 Å². The molecule has 0 amide bonds. The number of methoxy groups -OCH3 is 4. The lowest BCUT2D eigenvalue weighted by atomic mass is 9.94. The lowest BCUT2D eigenvalue weighted by molar-refractivity contribution is -0.164. The molecule has 0 saturated heterocycles. The lowest BCUT2D eigenvalue weighted by Crippen LogP contribution is -2.41. The van der Waals surface area contributed by atoms with Gasteiger partial charge in [0.2, 0.25) is 11.6 Å². The first kappa shape index (κ1) is 16.6. The maximum absolute atomic E-state index is 5.57. The van der Waals surface area contributed by atoms with Crippen molar-refractivity contribution in [3.63, 3.8) is 0 Å². The Hall–Kier alpha value is -1.72. The number of ether oxygens (including phenoxy) is 4. The minimum absolute atomic E-state index is 0.799. The fourth-order valence-electron chi connectivity index (χ4n) is 2.39. The molecule has 0 N–H and O–H groups in total. The Morgan fingerprint density at radius 1 is 0.773 bits per heavy atom. The van der Waals surface area contributed by atoms with E-state index in [1.165, 1.54) is 0 Å². The Morgan fingerprint density at radius 2 is 1.41 bits per heavy atom. The largest absolute Gasteiger partial charge is 0.346 e. The summed E-state index contributed by atoms with van der Waals surface area (Å²) in [6.07, 6.45) is 9.36. The second kappa shape index (κ2) is 7.03. The predicted molar refractivity (Wildman–Crippen MR) is 86.2 cm³/mol. The molecule has 1 aromatic rings. The number of hydrogen-bond acceptors (Lipinski definition) is 4. The third-order valence-corrected chi connectivity index (χ3v) is 3.79. The maximum Gasteiger partial charge on any atom is 0.214 e. The molecular formula is C18H22O4. The van der Waals surface area contributed by atoms with Crippen LogP contribution in [0.25, 0.3) is 6.08 Å². The number of rotatable bonds is 6. The summed E-state index contributed by atoms with van der Waals surface area (Å²) < 4.78 is 22.1. The fourth-order valence-corrected chi connectivity index (χ4v) is 2.39. The van der Waals surface area contributed by atoms with Crippen molar-refractivity contribution in [2.75, 3.05) is 28.4 Å². The molecule has 0 fully saturated rings. The summed E-state index contributed by atoms with van der Waals surface area (Å²) in [7, 11) is 6.39. The highest BCUT2D eigenvalue weighted by Gasteiger charge is 2.39. The molecular weight excluding hydrogens is 280 g/mol. The van der Waals surface area contributed by atoms with Gasteiger partial charge in [-0.1, -0.05) is 42.5 Å². The zero-order valence-corrected chi connectivity index (χ0v) is 13.4. The molecule has 118 valence electrons. The predicted octanol–water partition coefficient (Wildman–Crippen LogP) is 3.17. The Bertz CT molecular complexity index is 564. The van der Waals surface area contributed by atoms with Gasteiger partial charge in [0, 0.05) is 34.0 Å². The van der Waals surface area contributed by atoms with Crippen molar-refractivity contribution < 1.29 is 18.9 Å². The summed E-state index contributed by atoms with van der Waals surface area (Å²) in [5.74, 6) is -1.87. The first-order valence-electron chi connectivity index (χ1n) is 7.01. The molecule has 0 saturated carbocycles. The molecule has 1 aliphatic carbocycles. The third kappa shape index (κ3) is 3.20. The van der Waals surface area contributed by atoms with Gasteiger partial charge in [-0.05, 0) is 23.8 Å². The molecule has 0 aromatic heterocycles. The summed E-state index contributed by atoms with van der Waals surface area (Å²) in [6, 6.07) is 10.0. The minimum atomic E-state index is -0.953. The van der Waals surface area contributed by atoms with Crippen molar-refractivity contribution in [3.05, 3.63) is 65.8 Å². The van der Waals surface area contributed by atoms with E-state index in [1.54, 1.807) is 40.6 Å². The van der Waals surface area contributed by atoms with Crippen LogP contribution in [0.5, 0.6) is 0 Å². The van der Waals surface area contributed by atoms with Gasteiger partial charge >= 0.3 is 0 Å². The highest BCUT2D eigenvalue weighted by atomic mass is 16.7. The van der Waals surface area contributed by atoms with E-state index >= 15 is 0 Å². The highest BCUT2D eigenvalue weighted by Crippen LogP contribution is 2.35. The molecule has 1 aliphatic rings. The van der Waals surface area contributed by atoms with Crippen molar-refractivity contribution in [2.24, 2.45) is 0 Å². The van der Waals surface area contributed by atoms with E-state index in [9.17, 15) is 0 Å². The minimum Gasteiger partial charge on any atom is -0.346 e. The van der Waals surface area contributed by atoms with Gasteiger partial charge in [-0.2, -0.15) is 0 Å². The molecule has 2 rings (SSSR count). The zero-order chi connectivity index (χ0) is 16.1. The number of benzene rings is 1. The number of hydrogen-bond donors (Lipinski definition) is 0. The molecule has 0 radical (unpaired) electrons. The molecule has 4 nitrogen and oxygen atoms in total. The van der Waals surface area contributed by atoms with E-state index in [1.807, 2.05) is 48.6 Å². The average Bonchev–Trinajstić information content (AvgIpc) is 2.60. The summed E-state index contributed by atoms with van der Waals surface area (Å²) >= 11 is 0. The van der Waals surface area contributed by atoms with Crippen LogP contribution in [0.1, 0.15) is 5.56 Å². The van der Waals surface area contributed by atoms with Crippen LogP contribution >= 0.6 is 0 Å². The molecule has 0 heterocycles. The topological polar surface area (TPSA) is 36.9 Å². The second-order valence-corrected chi connectivity index (χ2v) is 4.88. The maximum atomic E-state index is 5.57. The quantitative estimate of drug-likeness (QED) is 0.597. The van der Waals surface area contributed by atoms with Crippen LogP contribution in [-0.4, -0.2) is 40.0 Å².